The van der Waals surface area contributed by atoms with Crippen molar-refractivity contribution in [1.29, 1.82) is 0 Å². The lowest BCUT2D eigenvalue weighted by molar-refractivity contribution is 0.0849. The molecule has 0 saturated heterocycles. The smallest absolute Gasteiger partial charge is 0.258 e. The van der Waals surface area contributed by atoms with Crippen molar-refractivity contribution in [2.75, 3.05) is 6.54 Å². The fourth-order valence-corrected chi connectivity index (χ4v) is 2.69. The molecule has 0 spiro atoms. The van der Waals surface area contributed by atoms with Gasteiger partial charge in [-0.2, -0.15) is 0 Å². The maximum Gasteiger partial charge on any atom is 0.258 e. The Hall–Kier alpha value is -2.35. The first-order valence-corrected chi connectivity index (χ1v) is 7.49. The number of nitrogens with zero attached hydrogens (tertiary/aromatic N) is 1. The van der Waals surface area contributed by atoms with Crippen LogP contribution in [0.25, 0.3) is 11.8 Å². The van der Waals surface area contributed by atoms with Crippen molar-refractivity contribution in [3.05, 3.63) is 71.3 Å². The molecule has 3 rings (SSSR count). The molecule has 21 heavy (non-hydrogen) atoms. The average molecular weight is 277 g/mol. The zero-order valence-corrected chi connectivity index (χ0v) is 12.3. The van der Waals surface area contributed by atoms with E-state index in [1.807, 2.05) is 47.4 Å². The van der Waals surface area contributed by atoms with Crippen molar-refractivity contribution in [2.45, 2.75) is 19.8 Å². The molecular formula is C19H19NO. The molecule has 0 saturated carbocycles. The average Bonchev–Trinajstić information content (AvgIpc) is 2.79. The van der Waals surface area contributed by atoms with Gasteiger partial charge in [-0.1, -0.05) is 61.9 Å². The Kier molecular flexibility index (Phi) is 3.87. The minimum Gasteiger partial charge on any atom is -0.308 e. The molecular weight excluding hydrogens is 258 g/mol. The quantitative estimate of drug-likeness (QED) is 0.809. The number of carbonyl (C=O) groups excluding carboxylic acids is 1. The molecule has 0 N–H and O–H groups in total. The van der Waals surface area contributed by atoms with Gasteiger partial charge in [0.05, 0.1) is 5.70 Å². The van der Waals surface area contributed by atoms with E-state index in [2.05, 4.69) is 25.1 Å². The molecule has 0 bridgehead atoms. The van der Waals surface area contributed by atoms with Gasteiger partial charge in [0.25, 0.3) is 5.91 Å². The van der Waals surface area contributed by atoms with E-state index in [-0.39, 0.29) is 5.91 Å². The second-order valence-electron chi connectivity index (χ2n) is 5.30. The SMILES string of the molecule is CCCCN1C(=O)c2ccccc2/C1=C/c1ccccc1. The standard InChI is InChI=1S/C19H19NO/c1-2-3-13-20-18(14-15-9-5-4-6-10-15)16-11-7-8-12-17(16)19(20)21/h4-12,14H,2-3,13H2,1H3/b18-14-. The minimum absolute atomic E-state index is 0.126. The van der Waals surface area contributed by atoms with Crippen LogP contribution in [0.1, 0.15) is 41.3 Å². The molecule has 1 heterocycles. The summed E-state index contributed by atoms with van der Waals surface area (Å²) in [5, 5.41) is 0. The van der Waals surface area contributed by atoms with Crippen LogP contribution >= 0.6 is 0 Å². The Morgan fingerprint density at radius 1 is 0.952 bits per heavy atom. The molecule has 1 aliphatic rings. The molecule has 1 aliphatic heterocycles. The third kappa shape index (κ3) is 2.62. The predicted octanol–water partition coefficient (Wildman–Crippen LogP) is 4.44. The second kappa shape index (κ2) is 5.96. The zero-order valence-electron chi connectivity index (χ0n) is 12.3. The Morgan fingerprint density at radius 3 is 2.33 bits per heavy atom. The van der Waals surface area contributed by atoms with E-state index in [1.165, 1.54) is 0 Å². The molecule has 2 aromatic carbocycles. The summed E-state index contributed by atoms with van der Waals surface area (Å²) >= 11 is 0. The first kappa shape index (κ1) is 13.6. The Morgan fingerprint density at radius 2 is 1.62 bits per heavy atom. The molecule has 0 aliphatic carbocycles. The second-order valence-corrected chi connectivity index (χ2v) is 5.30. The van der Waals surface area contributed by atoms with Gasteiger partial charge < -0.3 is 4.90 Å². The van der Waals surface area contributed by atoms with E-state index in [0.29, 0.717) is 0 Å². The molecule has 0 fully saturated rings. The third-order valence-corrected chi connectivity index (χ3v) is 3.81. The van der Waals surface area contributed by atoms with Crippen LogP contribution in [0.3, 0.4) is 0 Å². The highest BCUT2D eigenvalue weighted by Crippen LogP contribution is 2.34. The van der Waals surface area contributed by atoms with Crippen molar-refractivity contribution in [3.8, 4) is 0 Å². The Labute approximate surface area is 125 Å². The van der Waals surface area contributed by atoms with Crippen LogP contribution in [-0.2, 0) is 0 Å². The van der Waals surface area contributed by atoms with Crippen LogP contribution in [0.5, 0.6) is 0 Å². The van der Waals surface area contributed by atoms with Crippen molar-refractivity contribution >= 4 is 17.7 Å². The molecule has 2 nitrogen and oxygen atoms in total. The molecule has 2 heteroatoms. The van der Waals surface area contributed by atoms with Crippen LogP contribution in [0.15, 0.2) is 54.6 Å². The van der Waals surface area contributed by atoms with Crippen LogP contribution in [0.2, 0.25) is 0 Å². The van der Waals surface area contributed by atoms with Crippen molar-refractivity contribution < 1.29 is 4.79 Å². The predicted molar refractivity (Wildman–Crippen MR) is 86.7 cm³/mol. The van der Waals surface area contributed by atoms with Gasteiger partial charge in [-0.3, -0.25) is 4.79 Å². The summed E-state index contributed by atoms with van der Waals surface area (Å²) in [7, 11) is 0. The van der Waals surface area contributed by atoms with Gasteiger partial charge in [0.15, 0.2) is 0 Å². The number of amides is 1. The zero-order chi connectivity index (χ0) is 14.7. The van der Waals surface area contributed by atoms with Crippen LogP contribution in [0.4, 0.5) is 0 Å². The molecule has 2 aromatic rings. The summed E-state index contributed by atoms with van der Waals surface area (Å²) in [6, 6.07) is 18.1. The van der Waals surface area contributed by atoms with E-state index in [9.17, 15) is 4.79 Å². The number of hydrogen-bond acceptors (Lipinski definition) is 1. The summed E-state index contributed by atoms with van der Waals surface area (Å²) in [6.45, 7) is 2.93. The lowest BCUT2D eigenvalue weighted by Crippen LogP contribution is -2.24. The number of hydrogen-bond donors (Lipinski definition) is 0. The maximum atomic E-state index is 12.6. The fourth-order valence-electron chi connectivity index (χ4n) is 2.69. The summed E-state index contributed by atoms with van der Waals surface area (Å²) in [5.74, 6) is 0.126. The highest BCUT2D eigenvalue weighted by Gasteiger charge is 2.31. The molecule has 0 unspecified atom stereocenters. The normalized spacial score (nSPS) is 15.6. The molecule has 0 radical (unpaired) electrons. The van der Waals surface area contributed by atoms with E-state index in [1.54, 1.807) is 0 Å². The lowest BCUT2D eigenvalue weighted by atomic mass is 10.1. The molecule has 0 atom stereocenters. The van der Waals surface area contributed by atoms with Gasteiger partial charge in [0, 0.05) is 17.7 Å². The Bertz CT molecular complexity index is 673. The first-order chi connectivity index (χ1) is 10.3. The summed E-state index contributed by atoms with van der Waals surface area (Å²) in [5.41, 5.74) is 4.01. The molecule has 0 aromatic heterocycles. The summed E-state index contributed by atoms with van der Waals surface area (Å²) in [4.78, 5) is 14.5. The van der Waals surface area contributed by atoms with E-state index in [0.717, 1.165) is 41.8 Å². The minimum atomic E-state index is 0.126. The summed E-state index contributed by atoms with van der Waals surface area (Å²) in [6.07, 6.45) is 4.21. The number of unbranched alkanes of at least 4 members (excludes halogenated alkanes) is 1. The molecule has 1 amide bonds. The van der Waals surface area contributed by atoms with Crippen molar-refractivity contribution in [3.63, 3.8) is 0 Å². The van der Waals surface area contributed by atoms with Gasteiger partial charge in [-0.05, 0) is 24.1 Å². The maximum absolute atomic E-state index is 12.6. The monoisotopic (exact) mass is 277 g/mol. The van der Waals surface area contributed by atoms with Gasteiger partial charge in [0.1, 0.15) is 0 Å². The third-order valence-electron chi connectivity index (χ3n) is 3.81. The Balaban J connectivity index is 2.05. The number of carbonyl (C=O) groups is 1. The van der Waals surface area contributed by atoms with E-state index in [4.69, 9.17) is 0 Å². The fraction of sp³-hybridized carbons (Fsp3) is 0.211. The van der Waals surface area contributed by atoms with Gasteiger partial charge in [-0.25, -0.2) is 0 Å². The van der Waals surface area contributed by atoms with Crippen molar-refractivity contribution in [1.82, 2.24) is 4.90 Å². The first-order valence-electron chi connectivity index (χ1n) is 7.49. The molecule has 106 valence electrons. The topological polar surface area (TPSA) is 20.3 Å². The highest BCUT2D eigenvalue weighted by molar-refractivity contribution is 6.11. The van der Waals surface area contributed by atoms with Crippen LogP contribution in [0, 0.1) is 0 Å². The number of benzene rings is 2. The largest absolute Gasteiger partial charge is 0.308 e. The number of fused-ring (bicyclic) bond motifs is 1. The highest BCUT2D eigenvalue weighted by atomic mass is 16.2. The van der Waals surface area contributed by atoms with Crippen LogP contribution < -0.4 is 0 Å². The van der Waals surface area contributed by atoms with Gasteiger partial charge in [0.2, 0.25) is 0 Å². The van der Waals surface area contributed by atoms with Crippen molar-refractivity contribution in [2.24, 2.45) is 0 Å². The van der Waals surface area contributed by atoms with Gasteiger partial charge >= 0.3 is 0 Å². The van der Waals surface area contributed by atoms with E-state index >= 15 is 0 Å². The van der Waals surface area contributed by atoms with E-state index < -0.39 is 0 Å². The van der Waals surface area contributed by atoms with Crippen LogP contribution in [-0.4, -0.2) is 17.4 Å². The lowest BCUT2D eigenvalue weighted by Gasteiger charge is -2.18. The number of rotatable bonds is 4. The van der Waals surface area contributed by atoms with Gasteiger partial charge in [-0.15, -0.1) is 0 Å². The summed E-state index contributed by atoms with van der Waals surface area (Å²) < 4.78 is 0.